The molecule has 0 bridgehead atoms. The van der Waals surface area contributed by atoms with Crippen molar-refractivity contribution < 1.29 is 14.2 Å². The zero-order valence-electron chi connectivity index (χ0n) is 13.1. The van der Waals surface area contributed by atoms with Crippen molar-refractivity contribution in [2.45, 2.75) is 13.3 Å². The summed E-state index contributed by atoms with van der Waals surface area (Å²) in [5.74, 6) is 1.32. The van der Waals surface area contributed by atoms with E-state index in [9.17, 15) is 0 Å². The van der Waals surface area contributed by atoms with Crippen LogP contribution in [0.2, 0.25) is 5.02 Å². The lowest BCUT2D eigenvalue weighted by atomic mass is 10.1. The van der Waals surface area contributed by atoms with E-state index in [0.717, 1.165) is 44.8 Å². The van der Waals surface area contributed by atoms with Crippen molar-refractivity contribution in [3.05, 3.63) is 22.7 Å². The van der Waals surface area contributed by atoms with Crippen LogP contribution >= 0.6 is 11.6 Å². The van der Waals surface area contributed by atoms with Crippen molar-refractivity contribution in [2.75, 3.05) is 52.6 Å². The molecule has 0 atom stereocenters. The van der Waals surface area contributed by atoms with Crippen LogP contribution < -0.4 is 15.2 Å². The van der Waals surface area contributed by atoms with Gasteiger partial charge in [0.2, 0.25) is 0 Å². The minimum atomic E-state index is 0.572. The van der Waals surface area contributed by atoms with E-state index in [1.54, 1.807) is 0 Å². The first-order chi connectivity index (χ1) is 10.7. The molecule has 0 radical (unpaired) electrons. The number of rotatable bonds is 8. The molecule has 1 saturated heterocycles. The number of hydrogen-bond donors (Lipinski definition) is 1. The monoisotopic (exact) mass is 328 g/mol. The van der Waals surface area contributed by atoms with Crippen molar-refractivity contribution in [1.29, 1.82) is 0 Å². The molecule has 0 unspecified atom stereocenters. The molecular formula is C16H25ClN2O3. The Morgan fingerprint density at radius 3 is 2.73 bits per heavy atom. The predicted molar refractivity (Wildman–Crippen MR) is 88.1 cm³/mol. The van der Waals surface area contributed by atoms with Gasteiger partial charge in [-0.1, -0.05) is 11.6 Å². The molecule has 5 nitrogen and oxygen atoms in total. The summed E-state index contributed by atoms with van der Waals surface area (Å²) < 4.78 is 16.9. The fraction of sp³-hybridized carbons (Fsp3) is 0.625. The summed E-state index contributed by atoms with van der Waals surface area (Å²) in [5, 5.41) is 0.580. The predicted octanol–water partition coefficient (Wildman–Crippen LogP) is 1.95. The van der Waals surface area contributed by atoms with Crippen LogP contribution in [0, 0.1) is 0 Å². The van der Waals surface area contributed by atoms with Crippen molar-refractivity contribution in [3.63, 3.8) is 0 Å². The number of ether oxygens (including phenoxy) is 3. The smallest absolute Gasteiger partial charge is 0.179 e. The van der Waals surface area contributed by atoms with E-state index in [2.05, 4.69) is 4.90 Å². The van der Waals surface area contributed by atoms with Gasteiger partial charge in [0.25, 0.3) is 0 Å². The number of nitrogens with two attached hydrogens (primary N) is 1. The number of halogens is 1. The maximum atomic E-state index is 6.35. The molecule has 1 aromatic rings. The summed E-state index contributed by atoms with van der Waals surface area (Å²) in [7, 11) is 0. The van der Waals surface area contributed by atoms with Gasteiger partial charge in [-0.15, -0.1) is 0 Å². The molecule has 6 heteroatoms. The molecule has 1 aliphatic heterocycles. The zero-order valence-corrected chi connectivity index (χ0v) is 13.9. The summed E-state index contributed by atoms with van der Waals surface area (Å²) in [6, 6.07) is 3.87. The SMILES string of the molecule is CCOc1cc(CCN)cc(Cl)c1OCCN1CCOCC1. The highest BCUT2D eigenvalue weighted by atomic mass is 35.5. The third-order valence-corrected chi connectivity index (χ3v) is 3.84. The van der Waals surface area contributed by atoms with Gasteiger partial charge in [-0.2, -0.15) is 0 Å². The Kier molecular flexibility index (Phi) is 7.25. The van der Waals surface area contributed by atoms with E-state index in [1.165, 1.54) is 0 Å². The fourth-order valence-corrected chi connectivity index (χ4v) is 2.72. The van der Waals surface area contributed by atoms with Gasteiger partial charge in [0.1, 0.15) is 6.61 Å². The van der Waals surface area contributed by atoms with E-state index < -0.39 is 0 Å². The Morgan fingerprint density at radius 2 is 2.05 bits per heavy atom. The molecule has 1 heterocycles. The topological polar surface area (TPSA) is 57.0 Å². The van der Waals surface area contributed by atoms with Gasteiger partial charge < -0.3 is 19.9 Å². The highest BCUT2D eigenvalue weighted by molar-refractivity contribution is 6.32. The number of morpholine rings is 1. The number of benzene rings is 1. The average molecular weight is 329 g/mol. The molecule has 2 N–H and O–H groups in total. The molecule has 0 spiro atoms. The minimum absolute atomic E-state index is 0.572. The van der Waals surface area contributed by atoms with Crippen LogP contribution in [0.5, 0.6) is 11.5 Å². The third-order valence-electron chi connectivity index (χ3n) is 3.56. The van der Waals surface area contributed by atoms with Crippen molar-refractivity contribution in [2.24, 2.45) is 5.73 Å². The van der Waals surface area contributed by atoms with Crippen LogP contribution in [0.15, 0.2) is 12.1 Å². The minimum Gasteiger partial charge on any atom is -0.490 e. The maximum absolute atomic E-state index is 6.35. The Bertz CT molecular complexity index is 465. The lowest BCUT2D eigenvalue weighted by molar-refractivity contribution is 0.0321. The molecule has 22 heavy (non-hydrogen) atoms. The molecule has 1 aliphatic rings. The van der Waals surface area contributed by atoms with E-state index >= 15 is 0 Å². The van der Waals surface area contributed by atoms with E-state index in [1.807, 2.05) is 19.1 Å². The highest BCUT2D eigenvalue weighted by Gasteiger charge is 2.14. The first-order valence-corrected chi connectivity index (χ1v) is 8.20. The summed E-state index contributed by atoms with van der Waals surface area (Å²) in [5.41, 5.74) is 6.67. The second-order valence-electron chi connectivity index (χ2n) is 5.18. The van der Waals surface area contributed by atoms with Crippen LogP contribution in [0.25, 0.3) is 0 Å². The standard InChI is InChI=1S/C16H25ClN2O3/c1-2-21-15-12-13(3-4-18)11-14(17)16(15)22-10-7-19-5-8-20-9-6-19/h11-12H,2-10,18H2,1H3. The lowest BCUT2D eigenvalue weighted by Gasteiger charge is -2.26. The first-order valence-electron chi connectivity index (χ1n) is 7.82. The molecule has 0 amide bonds. The van der Waals surface area contributed by atoms with Crippen molar-refractivity contribution in [1.82, 2.24) is 4.90 Å². The second kappa shape index (κ2) is 9.20. The Labute approximate surface area is 137 Å². The molecule has 1 aromatic carbocycles. The lowest BCUT2D eigenvalue weighted by Crippen LogP contribution is -2.38. The second-order valence-corrected chi connectivity index (χ2v) is 5.59. The van der Waals surface area contributed by atoms with Gasteiger partial charge in [-0.05, 0) is 37.6 Å². The van der Waals surface area contributed by atoms with E-state index in [-0.39, 0.29) is 0 Å². The molecule has 2 rings (SSSR count). The summed E-state index contributed by atoms with van der Waals surface area (Å²) in [6.45, 7) is 8.02. The summed E-state index contributed by atoms with van der Waals surface area (Å²) in [4.78, 5) is 2.32. The van der Waals surface area contributed by atoms with Gasteiger partial charge in [0.05, 0.1) is 24.8 Å². The molecule has 0 saturated carbocycles. The molecule has 1 fully saturated rings. The van der Waals surface area contributed by atoms with Crippen LogP contribution in [0.3, 0.4) is 0 Å². The van der Waals surface area contributed by atoms with E-state index in [4.69, 9.17) is 31.5 Å². The first kappa shape index (κ1) is 17.3. The fourth-order valence-electron chi connectivity index (χ4n) is 2.44. The number of hydrogen-bond acceptors (Lipinski definition) is 5. The average Bonchev–Trinajstić information content (AvgIpc) is 2.51. The van der Waals surface area contributed by atoms with Crippen LogP contribution in [0.4, 0.5) is 0 Å². The Hall–Kier alpha value is -1.01. The van der Waals surface area contributed by atoms with Crippen molar-refractivity contribution >= 4 is 11.6 Å². The largest absolute Gasteiger partial charge is 0.490 e. The quantitative estimate of drug-likeness (QED) is 0.790. The normalized spacial score (nSPS) is 15.8. The molecule has 0 aromatic heterocycles. The molecule has 0 aliphatic carbocycles. The Balaban J connectivity index is 1.98. The highest BCUT2D eigenvalue weighted by Crippen LogP contribution is 2.36. The van der Waals surface area contributed by atoms with Gasteiger partial charge in [0.15, 0.2) is 11.5 Å². The zero-order chi connectivity index (χ0) is 15.8. The van der Waals surface area contributed by atoms with Crippen molar-refractivity contribution in [3.8, 4) is 11.5 Å². The van der Waals surface area contributed by atoms with E-state index in [0.29, 0.717) is 36.3 Å². The van der Waals surface area contributed by atoms with Crippen LogP contribution in [-0.4, -0.2) is 57.5 Å². The van der Waals surface area contributed by atoms with Gasteiger partial charge >= 0.3 is 0 Å². The number of nitrogens with zero attached hydrogens (tertiary/aromatic N) is 1. The van der Waals surface area contributed by atoms with Crippen LogP contribution in [0.1, 0.15) is 12.5 Å². The maximum Gasteiger partial charge on any atom is 0.179 e. The third kappa shape index (κ3) is 5.02. The summed E-state index contributed by atoms with van der Waals surface area (Å²) in [6.07, 6.45) is 0.772. The van der Waals surface area contributed by atoms with Gasteiger partial charge in [-0.3, -0.25) is 4.90 Å². The Morgan fingerprint density at radius 1 is 1.27 bits per heavy atom. The molecule has 124 valence electrons. The van der Waals surface area contributed by atoms with Crippen LogP contribution in [-0.2, 0) is 11.2 Å². The summed E-state index contributed by atoms with van der Waals surface area (Å²) >= 11 is 6.35. The molecular weight excluding hydrogens is 304 g/mol. The van der Waals surface area contributed by atoms with Gasteiger partial charge in [-0.25, -0.2) is 0 Å². The van der Waals surface area contributed by atoms with Gasteiger partial charge in [0, 0.05) is 19.6 Å².